The average Bonchev–Trinajstić information content (AvgIpc) is 2.04. The van der Waals surface area contributed by atoms with Gasteiger partial charge < -0.3 is 5.32 Å². The van der Waals surface area contributed by atoms with E-state index in [1.54, 1.807) is 12.1 Å². The molecule has 0 aliphatic carbocycles. The maximum absolute atomic E-state index is 11.2. The first kappa shape index (κ1) is 10.4. The van der Waals surface area contributed by atoms with Crippen LogP contribution in [0.1, 0.15) is 5.56 Å². The Hall–Kier alpha value is -0.710. The summed E-state index contributed by atoms with van der Waals surface area (Å²) >= 11 is 0. The van der Waals surface area contributed by atoms with Crippen LogP contribution in [0.5, 0.6) is 0 Å². The van der Waals surface area contributed by atoms with Crippen molar-refractivity contribution < 1.29 is 8.76 Å². The third-order valence-electron chi connectivity index (χ3n) is 1.74. The molecular formula is C9H14NO2S+. The zero-order valence-corrected chi connectivity index (χ0v) is 8.60. The monoisotopic (exact) mass is 200 g/mol. The molecule has 1 unspecified atom stereocenters. The molecule has 72 valence electrons. The topological polar surface area (TPSA) is 49.3 Å². The van der Waals surface area contributed by atoms with Crippen LogP contribution in [-0.4, -0.2) is 17.9 Å². The van der Waals surface area contributed by atoms with E-state index in [-0.39, 0.29) is 0 Å². The number of hydrogen-bond donors (Lipinski definition) is 2. The van der Waals surface area contributed by atoms with Gasteiger partial charge in [-0.25, -0.2) is 0 Å². The SMILES string of the molecule is CNCc1ccc([S+](C)(=O)O)cc1. The van der Waals surface area contributed by atoms with E-state index in [0.717, 1.165) is 12.1 Å². The fourth-order valence-corrected chi connectivity index (χ4v) is 1.71. The van der Waals surface area contributed by atoms with Gasteiger partial charge in [-0.05, 0) is 24.7 Å². The van der Waals surface area contributed by atoms with Crippen LogP contribution in [0.4, 0.5) is 0 Å². The normalized spacial score (nSPS) is 15.3. The second-order valence-corrected chi connectivity index (χ2v) is 5.05. The van der Waals surface area contributed by atoms with E-state index in [1.807, 2.05) is 19.2 Å². The van der Waals surface area contributed by atoms with E-state index in [2.05, 4.69) is 5.32 Å². The predicted octanol–water partition coefficient (Wildman–Crippen LogP) is 1.37. The molecule has 0 saturated carbocycles. The first-order chi connectivity index (χ1) is 6.04. The van der Waals surface area contributed by atoms with Gasteiger partial charge in [0.05, 0.1) is 0 Å². The first-order valence-corrected chi connectivity index (χ1v) is 5.91. The standard InChI is InChI=1S/C9H13NO2S/c1-10-7-8-3-5-9(6-4-8)13(2,11)12/h3-6,10H,7H2,1-2H3/p+1. The molecule has 0 saturated heterocycles. The van der Waals surface area contributed by atoms with Crippen LogP contribution >= 0.6 is 0 Å². The molecule has 0 aliphatic heterocycles. The van der Waals surface area contributed by atoms with Gasteiger partial charge in [0.2, 0.25) is 10.2 Å². The Balaban J connectivity index is 2.88. The molecule has 1 aromatic carbocycles. The van der Waals surface area contributed by atoms with E-state index < -0.39 is 10.2 Å². The summed E-state index contributed by atoms with van der Waals surface area (Å²) in [6, 6.07) is 7.08. The molecule has 2 N–H and O–H groups in total. The number of rotatable bonds is 3. The molecule has 4 heteroatoms. The predicted molar refractivity (Wildman–Crippen MR) is 54.1 cm³/mol. The van der Waals surface area contributed by atoms with Crippen molar-refractivity contribution in [2.75, 3.05) is 13.3 Å². The minimum Gasteiger partial charge on any atom is -0.316 e. The lowest BCUT2D eigenvalue weighted by Gasteiger charge is -2.00. The summed E-state index contributed by atoms with van der Waals surface area (Å²) in [5.74, 6) is 0. The van der Waals surface area contributed by atoms with E-state index >= 15 is 0 Å². The van der Waals surface area contributed by atoms with Crippen LogP contribution in [0, 0.1) is 0 Å². The van der Waals surface area contributed by atoms with Crippen molar-refractivity contribution in [1.82, 2.24) is 5.32 Å². The minimum absolute atomic E-state index is 0.479. The Morgan fingerprint density at radius 3 is 2.31 bits per heavy atom. The lowest BCUT2D eigenvalue weighted by Crippen LogP contribution is -2.08. The van der Waals surface area contributed by atoms with Gasteiger partial charge in [-0.2, -0.15) is 4.55 Å². The summed E-state index contributed by atoms with van der Waals surface area (Å²) in [4.78, 5) is 0.479. The van der Waals surface area contributed by atoms with Crippen LogP contribution in [0.2, 0.25) is 0 Å². The van der Waals surface area contributed by atoms with Gasteiger partial charge in [0, 0.05) is 6.54 Å². The Bertz CT molecular complexity index is 315. The minimum atomic E-state index is -2.80. The van der Waals surface area contributed by atoms with E-state index in [1.165, 1.54) is 6.26 Å². The highest BCUT2D eigenvalue weighted by atomic mass is 32.3. The van der Waals surface area contributed by atoms with Crippen molar-refractivity contribution >= 4 is 10.2 Å². The molecule has 0 bridgehead atoms. The highest BCUT2D eigenvalue weighted by Crippen LogP contribution is 2.14. The maximum atomic E-state index is 11.2. The summed E-state index contributed by atoms with van der Waals surface area (Å²) in [7, 11) is -0.941. The average molecular weight is 200 g/mol. The smallest absolute Gasteiger partial charge is 0.244 e. The highest BCUT2D eigenvalue weighted by Gasteiger charge is 2.19. The van der Waals surface area contributed by atoms with Gasteiger partial charge >= 0.3 is 0 Å². The maximum Gasteiger partial charge on any atom is 0.244 e. The van der Waals surface area contributed by atoms with Crippen molar-refractivity contribution in [3.8, 4) is 0 Å². The second kappa shape index (κ2) is 4.00. The number of hydrogen-bond acceptors (Lipinski definition) is 2. The van der Waals surface area contributed by atoms with Crippen molar-refractivity contribution in [3.05, 3.63) is 29.8 Å². The molecule has 0 amide bonds. The van der Waals surface area contributed by atoms with Crippen LogP contribution in [0.15, 0.2) is 29.2 Å². The molecule has 0 heterocycles. The first-order valence-electron chi connectivity index (χ1n) is 3.99. The third kappa shape index (κ3) is 2.91. The zero-order chi connectivity index (χ0) is 9.90. The van der Waals surface area contributed by atoms with Crippen LogP contribution < -0.4 is 5.32 Å². The lowest BCUT2D eigenvalue weighted by molar-refractivity contribution is 0.503. The summed E-state index contributed by atoms with van der Waals surface area (Å²) in [5.41, 5.74) is 1.11. The van der Waals surface area contributed by atoms with Crippen molar-refractivity contribution in [1.29, 1.82) is 0 Å². The fraction of sp³-hybridized carbons (Fsp3) is 0.333. The molecule has 1 aromatic rings. The van der Waals surface area contributed by atoms with Gasteiger partial charge in [0.15, 0.2) is 4.90 Å². The molecule has 13 heavy (non-hydrogen) atoms. The summed E-state index contributed by atoms with van der Waals surface area (Å²) in [6.07, 6.45) is 1.32. The van der Waals surface area contributed by atoms with Crippen molar-refractivity contribution in [2.45, 2.75) is 11.4 Å². The molecule has 3 nitrogen and oxygen atoms in total. The Morgan fingerprint density at radius 1 is 1.38 bits per heavy atom. The van der Waals surface area contributed by atoms with E-state index in [0.29, 0.717) is 4.90 Å². The van der Waals surface area contributed by atoms with E-state index in [4.69, 9.17) is 0 Å². The number of benzene rings is 1. The molecule has 0 spiro atoms. The summed E-state index contributed by atoms with van der Waals surface area (Å²) in [6.45, 7) is 0.774. The molecular weight excluding hydrogens is 186 g/mol. The molecule has 0 aliphatic rings. The van der Waals surface area contributed by atoms with Gasteiger partial charge in [0.1, 0.15) is 6.26 Å². The van der Waals surface area contributed by atoms with E-state index in [9.17, 15) is 8.76 Å². The highest BCUT2D eigenvalue weighted by molar-refractivity contribution is 7.97. The van der Waals surface area contributed by atoms with Crippen molar-refractivity contribution in [2.24, 2.45) is 0 Å². The lowest BCUT2D eigenvalue weighted by atomic mass is 10.2. The molecule has 0 aromatic heterocycles. The second-order valence-electron chi connectivity index (χ2n) is 2.98. The van der Waals surface area contributed by atoms with Gasteiger partial charge in [-0.15, -0.1) is 0 Å². The zero-order valence-electron chi connectivity index (χ0n) is 7.78. The fourth-order valence-electron chi connectivity index (χ4n) is 1.06. The van der Waals surface area contributed by atoms with Gasteiger partial charge in [0.25, 0.3) is 0 Å². The Labute approximate surface area is 79.4 Å². The quantitative estimate of drug-likeness (QED) is 0.724. The molecule has 1 rings (SSSR count). The summed E-state index contributed by atoms with van der Waals surface area (Å²) in [5, 5.41) is 3.01. The summed E-state index contributed by atoms with van der Waals surface area (Å²) < 4.78 is 20.4. The molecule has 0 radical (unpaired) electrons. The molecule has 1 atom stereocenters. The van der Waals surface area contributed by atoms with Crippen LogP contribution in [0.25, 0.3) is 0 Å². The van der Waals surface area contributed by atoms with Crippen LogP contribution in [-0.2, 0) is 21.0 Å². The molecule has 0 fully saturated rings. The third-order valence-corrected chi connectivity index (χ3v) is 2.89. The van der Waals surface area contributed by atoms with Crippen molar-refractivity contribution in [3.63, 3.8) is 0 Å². The van der Waals surface area contributed by atoms with Gasteiger partial charge in [-0.3, -0.25) is 0 Å². The number of nitrogens with one attached hydrogen (secondary N) is 1. The largest absolute Gasteiger partial charge is 0.316 e. The van der Waals surface area contributed by atoms with Crippen LogP contribution in [0.3, 0.4) is 0 Å². The van der Waals surface area contributed by atoms with Gasteiger partial charge in [-0.1, -0.05) is 16.3 Å². The Morgan fingerprint density at radius 2 is 1.92 bits per heavy atom. The Kier molecular flexibility index (Phi) is 3.19.